The molecule has 1 aliphatic rings. The Morgan fingerprint density at radius 3 is 2.50 bits per heavy atom. The third-order valence-corrected chi connectivity index (χ3v) is 7.54. The molecule has 5 rings (SSSR count). The van der Waals surface area contributed by atoms with Gasteiger partial charge in [0.15, 0.2) is 0 Å². The van der Waals surface area contributed by atoms with Gasteiger partial charge in [0.1, 0.15) is 0 Å². The van der Waals surface area contributed by atoms with Crippen molar-refractivity contribution in [1.82, 2.24) is 10.2 Å². The van der Waals surface area contributed by atoms with Crippen molar-refractivity contribution in [3.8, 4) is 0 Å². The monoisotopic (exact) mass is 474 g/mol. The lowest BCUT2D eigenvalue weighted by atomic mass is 10.1. The number of rotatable bonds is 6. The van der Waals surface area contributed by atoms with E-state index >= 15 is 0 Å². The molecule has 172 valence electrons. The maximum Gasteiger partial charge on any atom is 0.322 e. The summed E-state index contributed by atoms with van der Waals surface area (Å²) in [6.07, 6.45) is 1.13. The minimum Gasteiger partial charge on any atom is -0.407 e. The van der Waals surface area contributed by atoms with Crippen LogP contribution in [0.3, 0.4) is 0 Å². The zero-order valence-electron chi connectivity index (χ0n) is 18.4. The first kappa shape index (κ1) is 21.8. The van der Waals surface area contributed by atoms with Crippen molar-refractivity contribution in [1.29, 1.82) is 0 Å². The third kappa shape index (κ3) is 4.29. The van der Waals surface area contributed by atoms with Gasteiger partial charge >= 0.3 is 6.01 Å². The number of benzene rings is 3. The zero-order valence-corrected chi connectivity index (χ0v) is 19.2. The molecule has 34 heavy (non-hydrogen) atoms. The lowest BCUT2D eigenvalue weighted by Gasteiger charge is -2.19. The summed E-state index contributed by atoms with van der Waals surface area (Å²) in [5.41, 5.74) is 4.15. The molecule has 0 unspecified atom stereocenters. The number of fused-ring (bicyclic) bond motifs is 1. The van der Waals surface area contributed by atoms with Crippen molar-refractivity contribution in [2.75, 3.05) is 16.2 Å². The Bertz CT molecular complexity index is 1450. The third-order valence-electron chi connectivity index (χ3n) is 5.71. The summed E-state index contributed by atoms with van der Waals surface area (Å²) in [5.74, 6) is -0.0903. The molecule has 4 aromatic rings. The SMILES string of the molecule is Cc1ccc(Cc2nnc(NC(=O)c3ccc(S(=O)(=O)N4CCc5ccccc54)cc3)o2)cc1. The standard InChI is InChI=1S/C25H22N4O4S/c1-17-6-8-18(9-7-17)16-23-27-28-25(33-23)26-24(30)20-10-12-21(13-11-20)34(31,32)29-15-14-19-4-2-3-5-22(19)29/h2-13H,14-16H2,1H3,(H,26,28,30). The van der Waals surface area contributed by atoms with E-state index in [4.69, 9.17) is 4.42 Å². The van der Waals surface area contributed by atoms with Crippen LogP contribution in [0.2, 0.25) is 0 Å². The van der Waals surface area contributed by atoms with E-state index in [-0.39, 0.29) is 16.5 Å². The normalized spacial score (nSPS) is 13.0. The summed E-state index contributed by atoms with van der Waals surface area (Å²) in [4.78, 5) is 12.7. The molecular formula is C25H22N4O4S. The molecular weight excluding hydrogens is 452 g/mol. The highest BCUT2D eigenvalue weighted by Gasteiger charge is 2.30. The Hall–Kier alpha value is -3.98. The number of aromatic nitrogens is 2. The van der Waals surface area contributed by atoms with Crippen LogP contribution in [-0.4, -0.2) is 31.1 Å². The zero-order chi connectivity index (χ0) is 23.7. The number of nitrogens with zero attached hydrogens (tertiary/aromatic N) is 3. The second-order valence-corrected chi connectivity index (χ2v) is 9.96. The maximum absolute atomic E-state index is 13.1. The molecule has 2 heterocycles. The Labute approximate surface area is 197 Å². The molecule has 3 aromatic carbocycles. The number of sulfonamides is 1. The van der Waals surface area contributed by atoms with Crippen molar-refractivity contribution in [3.05, 3.63) is 101 Å². The first-order valence-corrected chi connectivity index (χ1v) is 12.2. The second kappa shape index (κ2) is 8.75. The summed E-state index contributed by atoms with van der Waals surface area (Å²) in [5, 5.41) is 10.4. The van der Waals surface area contributed by atoms with E-state index in [0.29, 0.717) is 31.0 Å². The van der Waals surface area contributed by atoms with E-state index in [1.165, 1.54) is 28.6 Å². The number of amides is 1. The predicted molar refractivity (Wildman–Crippen MR) is 127 cm³/mol. The average Bonchev–Trinajstić information content (AvgIpc) is 3.48. The minimum atomic E-state index is -3.72. The van der Waals surface area contributed by atoms with Crippen molar-refractivity contribution >= 4 is 27.6 Å². The van der Waals surface area contributed by atoms with Crippen molar-refractivity contribution in [3.63, 3.8) is 0 Å². The summed E-state index contributed by atoms with van der Waals surface area (Å²) in [7, 11) is -3.72. The van der Waals surface area contributed by atoms with Gasteiger partial charge in [-0.2, -0.15) is 0 Å². The van der Waals surface area contributed by atoms with E-state index < -0.39 is 15.9 Å². The molecule has 0 aliphatic carbocycles. The highest BCUT2D eigenvalue weighted by Crippen LogP contribution is 2.32. The quantitative estimate of drug-likeness (QED) is 0.453. The van der Waals surface area contributed by atoms with Crippen LogP contribution in [0.4, 0.5) is 11.7 Å². The Morgan fingerprint density at radius 1 is 1.00 bits per heavy atom. The Morgan fingerprint density at radius 2 is 1.74 bits per heavy atom. The number of carbonyl (C=O) groups is 1. The minimum absolute atomic E-state index is 0.0162. The van der Waals surface area contributed by atoms with Crippen LogP contribution >= 0.6 is 0 Å². The summed E-state index contributed by atoms with van der Waals surface area (Å²) >= 11 is 0. The molecule has 1 amide bonds. The van der Waals surface area contributed by atoms with E-state index in [1.807, 2.05) is 49.4 Å². The molecule has 8 nitrogen and oxygen atoms in total. The first-order chi connectivity index (χ1) is 16.4. The van der Waals surface area contributed by atoms with Gasteiger partial charge < -0.3 is 4.42 Å². The fourth-order valence-corrected chi connectivity index (χ4v) is 5.39. The van der Waals surface area contributed by atoms with Gasteiger partial charge in [0, 0.05) is 12.1 Å². The van der Waals surface area contributed by atoms with Crippen LogP contribution < -0.4 is 9.62 Å². The number of anilines is 2. The number of aryl methyl sites for hydroxylation is 1. The molecule has 0 saturated heterocycles. The smallest absolute Gasteiger partial charge is 0.322 e. The number of hydrogen-bond acceptors (Lipinski definition) is 6. The van der Waals surface area contributed by atoms with E-state index in [0.717, 1.165) is 16.7 Å². The van der Waals surface area contributed by atoms with Crippen molar-refractivity contribution in [2.45, 2.75) is 24.7 Å². The van der Waals surface area contributed by atoms with Gasteiger partial charge in [0.05, 0.1) is 17.0 Å². The molecule has 0 radical (unpaired) electrons. The second-order valence-electron chi connectivity index (χ2n) is 8.10. The molecule has 1 aromatic heterocycles. The average molecular weight is 475 g/mol. The fraction of sp³-hybridized carbons (Fsp3) is 0.160. The van der Waals surface area contributed by atoms with Gasteiger partial charge in [-0.05, 0) is 54.8 Å². The number of nitrogens with one attached hydrogen (secondary N) is 1. The molecule has 0 atom stereocenters. The molecule has 1 N–H and O–H groups in total. The highest BCUT2D eigenvalue weighted by atomic mass is 32.2. The predicted octanol–water partition coefficient (Wildman–Crippen LogP) is 3.97. The molecule has 9 heteroatoms. The largest absolute Gasteiger partial charge is 0.407 e. The van der Waals surface area contributed by atoms with Gasteiger partial charge in [0.25, 0.3) is 15.9 Å². The van der Waals surface area contributed by atoms with Crippen molar-refractivity contribution < 1.29 is 17.6 Å². The maximum atomic E-state index is 13.1. The number of para-hydroxylation sites is 1. The molecule has 1 aliphatic heterocycles. The fourth-order valence-electron chi connectivity index (χ4n) is 3.89. The number of hydrogen-bond donors (Lipinski definition) is 1. The Kier molecular flexibility index (Phi) is 5.62. The number of carbonyl (C=O) groups excluding carboxylic acids is 1. The molecule has 0 fully saturated rings. The van der Waals surface area contributed by atoms with Gasteiger partial charge in [-0.15, -0.1) is 5.10 Å². The van der Waals surface area contributed by atoms with Crippen LogP contribution in [0.5, 0.6) is 0 Å². The summed E-state index contributed by atoms with van der Waals surface area (Å²) in [6.45, 7) is 2.41. The highest BCUT2D eigenvalue weighted by molar-refractivity contribution is 7.92. The molecule has 0 saturated carbocycles. The van der Waals surface area contributed by atoms with E-state index in [9.17, 15) is 13.2 Å². The van der Waals surface area contributed by atoms with Crippen LogP contribution in [0, 0.1) is 6.92 Å². The first-order valence-electron chi connectivity index (χ1n) is 10.8. The van der Waals surface area contributed by atoms with E-state index in [2.05, 4.69) is 15.5 Å². The molecule has 0 bridgehead atoms. The van der Waals surface area contributed by atoms with Crippen LogP contribution in [0.1, 0.15) is 32.9 Å². The van der Waals surface area contributed by atoms with Gasteiger partial charge in [-0.25, -0.2) is 8.42 Å². The van der Waals surface area contributed by atoms with Crippen molar-refractivity contribution in [2.24, 2.45) is 0 Å². The lowest BCUT2D eigenvalue weighted by molar-refractivity contribution is 0.102. The molecule has 0 spiro atoms. The summed E-state index contributed by atoms with van der Waals surface area (Å²) in [6, 6.07) is 21.2. The van der Waals surface area contributed by atoms with Crippen LogP contribution in [-0.2, 0) is 22.9 Å². The topological polar surface area (TPSA) is 105 Å². The van der Waals surface area contributed by atoms with E-state index in [1.54, 1.807) is 6.07 Å². The van der Waals surface area contributed by atoms with Crippen LogP contribution in [0.15, 0.2) is 82.1 Å². The van der Waals surface area contributed by atoms with Gasteiger partial charge in [0.2, 0.25) is 5.89 Å². The summed E-state index contributed by atoms with van der Waals surface area (Å²) < 4.78 is 33.2. The lowest BCUT2D eigenvalue weighted by Crippen LogP contribution is -2.29. The Balaban J connectivity index is 1.26. The van der Waals surface area contributed by atoms with Crippen LogP contribution in [0.25, 0.3) is 0 Å². The van der Waals surface area contributed by atoms with Gasteiger partial charge in [-0.1, -0.05) is 53.1 Å². The van der Waals surface area contributed by atoms with Gasteiger partial charge in [-0.3, -0.25) is 14.4 Å².